The lowest BCUT2D eigenvalue weighted by atomic mass is 9.55. The van der Waals surface area contributed by atoms with Gasteiger partial charge in [0, 0.05) is 22.3 Å². The van der Waals surface area contributed by atoms with Gasteiger partial charge < -0.3 is 19.7 Å². The van der Waals surface area contributed by atoms with Gasteiger partial charge in [-0.1, -0.05) is 64.1 Å². The normalized spacial score (nSPS) is 29.4. The van der Waals surface area contributed by atoms with Crippen molar-refractivity contribution in [1.29, 1.82) is 0 Å². The Morgan fingerprint density at radius 2 is 0.985 bits per heavy atom. The molecule has 8 atom stereocenters. The van der Waals surface area contributed by atoms with Gasteiger partial charge in [0.05, 0.1) is 0 Å². The minimum Gasteiger partial charge on any atom is -0.508 e. The van der Waals surface area contributed by atoms with Crippen molar-refractivity contribution in [2.24, 2.45) is 44.7 Å². The molecule has 4 N–H and O–H groups in total. The van der Waals surface area contributed by atoms with Crippen LogP contribution in [0, 0.1) is 34.5 Å². The Kier molecular flexibility index (Phi) is 12.7. The van der Waals surface area contributed by atoms with Crippen LogP contribution in [-0.2, 0) is 22.4 Å². The topological polar surface area (TPSA) is 142 Å². The number of amides is 2. The van der Waals surface area contributed by atoms with Gasteiger partial charge in [-0.2, -0.15) is 10.2 Å². The number of benzene rings is 4. The first kappa shape index (κ1) is 45.9. The van der Waals surface area contributed by atoms with Crippen LogP contribution in [-0.4, -0.2) is 46.7 Å². The van der Waals surface area contributed by atoms with Crippen LogP contribution in [0.3, 0.4) is 0 Å². The highest BCUT2D eigenvalue weighted by atomic mass is 16.5. The van der Waals surface area contributed by atoms with Gasteiger partial charge in [-0.05, 0) is 218 Å². The maximum Gasteiger partial charge on any atom is 0.277 e. The molecule has 4 aromatic carbocycles. The molecule has 0 bridgehead atoms. The van der Waals surface area contributed by atoms with Crippen molar-refractivity contribution < 1.29 is 29.3 Å². The van der Waals surface area contributed by atoms with Crippen molar-refractivity contribution in [2.45, 2.75) is 129 Å². The SMILES string of the molecule is CCC(=C(CC)c1ccc(OCC(=O)N/N=C2\CCC3C4CCc5cc(O)ccc5C4CCC23C)cc1)c1ccc(OCC(=O)N/N=C2/CCC3C4CCc5cc(O)ccc5C4CCC23C)cc1. The molecule has 6 aliphatic rings. The van der Waals surface area contributed by atoms with E-state index in [-0.39, 0.29) is 35.9 Å². The quantitative estimate of drug-likeness (QED) is 0.0824. The summed E-state index contributed by atoms with van der Waals surface area (Å²) in [6.45, 7) is 8.80. The number of aromatic hydroxyl groups is 2. The highest BCUT2D eigenvalue weighted by Gasteiger charge is 2.55. The maximum atomic E-state index is 13.0. The predicted molar refractivity (Wildman–Crippen MR) is 268 cm³/mol. The fourth-order valence-electron chi connectivity index (χ4n) is 14.4. The number of carbonyl (C=O) groups excluding carboxylic acids is 2. The van der Waals surface area contributed by atoms with Crippen molar-refractivity contribution in [1.82, 2.24) is 10.9 Å². The number of nitrogens with zero attached hydrogens (tertiary/aromatic N) is 2. The van der Waals surface area contributed by atoms with E-state index in [1.54, 1.807) is 0 Å². The molecule has 356 valence electrons. The molecule has 8 unspecified atom stereocenters. The molecule has 6 aliphatic carbocycles. The van der Waals surface area contributed by atoms with Crippen molar-refractivity contribution in [3.63, 3.8) is 0 Å². The smallest absolute Gasteiger partial charge is 0.277 e. The van der Waals surface area contributed by atoms with E-state index in [2.05, 4.69) is 74.9 Å². The van der Waals surface area contributed by atoms with Crippen molar-refractivity contribution in [2.75, 3.05) is 13.2 Å². The number of rotatable bonds is 12. The third-order valence-electron chi connectivity index (χ3n) is 17.8. The van der Waals surface area contributed by atoms with E-state index in [0.717, 1.165) is 112 Å². The van der Waals surface area contributed by atoms with Crippen molar-refractivity contribution in [3.8, 4) is 23.0 Å². The second kappa shape index (κ2) is 18.9. The summed E-state index contributed by atoms with van der Waals surface area (Å²) in [5.74, 6) is 4.81. The van der Waals surface area contributed by atoms with Gasteiger partial charge in [-0.3, -0.25) is 9.59 Å². The van der Waals surface area contributed by atoms with Crippen molar-refractivity contribution in [3.05, 3.63) is 118 Å². The summed E-state index contributed by atoms with van der Waals surface area (Å²) < 4.78 is 11.9. The van der Waals surface area contributed by atoms with E-state index >= 15 is 0 Å². The number of hydrazone groups is 2. The van der Waals surface area contributed by atoms with Crippen LogP contribution < -0.4 is 20.3 Å². The third-order valence-corrected chi connectivity index (χ3v) is 17.8. The Balaban J connectivity index is 0.701. The molecule has 4 fully saturated rings. The summed E-state index contributed by atoms with van der Waals surface area (Å²) in [7, 11) is 0. The van der Waals surface area contributed by atoms with Crippen LogP contribution in [0.15, 0.2) is 95.1 Å². The number of hydrogen-bond donors (Lipinski definition) is 4. The first-order valence-corrected chi connectivity index (χ1v) is 25.5. The molecule has 2 amide bonds. The summed E-state index contributed by atoms with van der Waals surface area (Å²) in [6.07, 6.45) is 14.3. The van der Waals surface area contributed by atoms with Gasteiger partial charge in [-0.25, -0.2) is 10.9 Å². The fraction of sp³-hybridized carbons (Fsp3) is 0.483. The van der Waals surface area contributed by atoms with Crippen molar-refractivity contribution >= 4 is 34.4 Å². The maximum absolute atomic E-state index is 13.0. The van der Waals surface area contributed by atoms with E-state index in [1.807, 2.05) is 48.5 Å². The Morgan fingerprint density at radius 1 is 0.574 bits per heavy atom. The Hall–Kier alpha value is -5.90. The number of ether oxygens (including phenoxy) is 2. The number of carbonyl (C=O) groups is 2. The molecule has 10 heteroatoms. The van der Waals surface area contributed by atoms with Gasteiger partial charge >= 0.3 is 0 Å². The summed E-state index contributed by atoms with van der Waals surface area (Å²) >= 11 is 0. The Morgan fingerprint density at radius 3 is 1.38 bits per heavy atom. The number of nitrogens with one attached hydrogen (secondary N) is 2. The first-order chi connectivity index (χ1) is 32.9. The minimum atomic E-state index is -0.261. The van der Waals surface area contributed by atoms with Gasteiger partial charge in [0.25, 0.3) is 11.8 Å². The molecule has 10 rings (SSSR count). The lowest BCUT2D eigenvalue weighted by Crippen LogP contribution is -2.43. The van der Waals surface area contributed by atoms with Gasteiger partial charge in [0.2, 0.25) is 0 Å². The average Bonchev–Trinajstić information content (AvgIpc) is 3.88. The number of allylic oxidation sites excluding steroid dienone is 2. The summed E-state index contributed by atoms with van der Waals surface area (Å²) in [4.78, 5) is 26.1. The van der Waals surface area contributed by atoms with Crippen LogP contribution in [0.4, 0.5) is 0 Å². The second-order valence-electron chi connectivity index (χ2n) is 21.1. The van der Waals surface area contributed by atoms with E-state index in [0.29, 0.717) is 58.5 Å². The zero-order chi connectivity index (χ0) is 47.2. The van der Waals surface area contributed by atoms with E-state index < -0.39 is 0 Å². The number of hydrogen-bond acceptors (Lipinski definition) is 8. The molecule has 10 nitrogen and oxygen atoms in total. The Labute approximate surface area is 401 Å². The minimum absolute atomic E-state index is 0.0114. The lowest BCUT2D eigenvalue weighted by Gasteiger charge is -2.49. The molecular formula is C58H68N4O6. The average molecular weight is 917 g/mol. The molecule has 0 aromatic heterocycles. The largest absolute Gasteiger partial charge is 0.508 e. The zero-order valence-electron chi connectivity index (χ0n) is 40.3. The highest BCUT2D eigenvalue weighted by molar-refractivity contribution is 5.94. The standard InChI is InChI=1S/C58H68N4O6/c1-5-43(35-7-15-41(16-8-35)67-33-55(65)61-59-53-25-23-51-49-19-11-37-31-39(63)13-21-45(37)47(49)27-29-57(51,53)3)44(6-2)36-9-17-42(18-10-36)68-34-56(66)62-60-54-26-24-52-50-20-12-38-32-40(64)14-22-46(38)48(50)28-30-58(52,54)4/h7-10,13-18,21-22,31-32,47-52,63-64H,5-6,11-12,19-20,23-30,33-34H2,1-4H3,(H,61,65)(H,62,66)/b44-43?,59-53-,60-54+. The van der Waals surface area contributed by atoms with E-state index in [9.17, 15) is 19.8 Å². The van der Waals surface area contributed by atoms with Crippen LogP contribution >= 0.6 is 0 Å². The van der Waals surface area contributed by atoms with E-state index in [4.69, 9.17) is 19.7 Å². The fourth-order valence-corrected chi connectivity index (χ4v) is 14.4. The number of phenols is 2. The van der Waals surface area contributed by atoms with Crippen LogP contribution in [0.5, 0.6) is 23.0 Å². The molecule has 0 spiro atoms. The van der Waals surface area contributed by atoms with Gasteiger partial charge in [-0.15, -0.1) is 0 Å². The number of fused-ring (bicyclic) bond motifs is 10. The van der Waals surface area contributed by atoms with Crippen LogP contribution in [0.2, 0.25) is 0 Å². The molecule has 0 saturated heterocycles. The van der Waals surface area contributed by atoms with Crippen LogP contribution in [0.25, 0.3) is 11.1 Å². The summed E-state index contributed by atoms with van der Waals surface area (Å²) in [6, 6.07) is 27.8. The summed E-state index contributed by atoms with van der Waals surface area (Å²) in [5.41, 5.74) is 18.0. The lowest BCUT2D eigenvalue weighted by molar-refractivity contribution is -0.123. The van der Waals surface area contributed by atoms with Gasteiger partial charge in [0.1, 0.15) is 23.0 Å². The number of phenolic OH excluding ortho intramolecular Hbond substituents is 2. The number of aryl methyl sites for hydroxylation is 2. The second-order valence-corrected chi connectivity index (χ2v) is 21.1. The molecule has 0 aliphatic heterocycles. The van der Waals surface area contributed by atoms with E-state index in [1.165, 1.54) is 33.4 Å². The third kappa shape index (κ3) is 8.61. The summed E-state index contributed by atoms with van der Waals surface area (Å²) in [5, 5.41) is 29.6. The molecule has 68 heavy (non-hydrogen) atoms. The van der Waals surface area contributed by atoms with Crippen LogP contribution in [0.1, 0.15) is 150 Å². The van der Waals surface area contributed by atoms with Gasteiger partial charge in [0.15, 0.2) is 13.2 Å². The monoisotopic (exact) mass is 917 g/mol. The zero-order valence-corrected chi connectivity index (χ0v) is 40.3. The highest BCUT2D eigenvalue weighted by Crippen LogP contribution is 2.61. The predicted octanol–water partition coefficient (Wildman–Crippen LogP) is 11.6. The molecule has 0 heterocycles. The molecule has 0 radical (unpaired) electrons. The Bertz CT molecular complexity index is 2470. The molecule has 4 saturated carbocycles. The first-order valence-electron chi connectivity index (χ1n) is 25.5. The molecular weight excluding hydrogens is 849 g/mol. The molecule has 4 aromatic rings.